The van der Waals surface area contributed by atoms with Crippen molar-refractivity contribution in [2.45, 2.75) is 167 Å². The molecule has 0 heterocycles. The van der Waals surface area contributed by atoms with E-state index in [1.807, 2.05) is 18.2 Å². The molecular weight excluding hydrogens is 765 g/mol. The molecule has 0 aliphatic carbocycles. The molecule has 0 saturated heterocycles. The molecule has 1 unspecified atom stereocenters. The Kier molecular flexibility index (Phi) is 36.0. The number of aliphatic hydroxyl groups is 2. The van der Waals surface area contributed by atoms with Crippen LogP contribution in [0.3, 0.4) is 0 Å². The van der Waals surface area contributed by atoms with Crippen molar-refractivity contribution >= 4 is 25.7 Å². The number of carbonyl (C=O) groups excluding carboxylic acids is 2. The predicted octanol–water partition coefficient (Wildman–Crippen LogP) is 8.89. The fraction of sp³-hybridized carbons (Fsp3) is 0.659. The zero-order chi connectivity index (χ0) is 43.1. The van der Waals surface area contributed by atoms with Gasteiger partial charge in [0.2, 0.25) is 0 Å². The third kappa shape index (κ3) is 36.0. The van der Waals surface area contributed by atoms with Crippen LogP contribution in [0.1, 0.15) is 142 Å². The third-order valence-electron chi connectivity index (χ3n) is 8.64. The number of rotatable bonds is 38. The van der Waals surface area contributed by atoms with E-state index in [4.69, 9.17) is 24.8 Å². The number of carboxylic acids is 1. The van der Waals surface area contributed by atoms with Crippen molar-refractivity contribution in [2.75, 3.05) is 19.8 Å². The van der Waals surface area contributed by atoms with Gasteiger partial charge in [-0.2, -0.15) is 0 Å². The number of phosphoric acid groups is 1. The Bertz CT molecular complexity index is 1290. The van der Waals surface area contributed by atoms with Crippen LogP contribution in [0.5, 0.6) is 0 Å². The van der Waals surface area contributed by atoms with Crippen LogP contribution in [-0.4, -0.2) is 82.3 Å². The number of allylic oxidation sites excluding steroid dienone is 11. The maximum absolute atomic E-state index is 12.6. The minimum absolute atomic E-state index is 0.0460. The van der Waals surface area contributed by atoms with E-state index in [9.17, 15) is 34.1 Å². The van der Waals surface area contributed by atoms with Gasteiger partial charge in [0.1, 0.15) is 12.6 Å². The minimum Gasteiger partial charge on any atom is -0.480 e. The van der Waals surface area contributed by atoms with E-state index in [1.54, 1.807) is 0 Å². The molecule has 0 aliphatic heterocycles. The van der Waals surface area contributed by atoms with E-state index in [0.29, 0.717) is 38.5 Å². The van der Waals surface area contributed by atoms with Crippen molar-refractivity contribution < 1.29 is 57.7 Å². The van der Waals surface area contributed by atoms with Crippen molar-refractivity contribution in [3.63, 3.8) is 0 Å². The molecule has 58 heavy (non-hydrogen) atoms. The smallest absolute Gasteiger partial charge is 0.472 e. The van der Waals surface area contributed by atoms with Crippen LogP contribution in [0.25, 0.3) is 0 Å². The second kappa shape index (κ2) is 38.1. The summed E-state index contributed by atoms with van der Waals surface area (Å²) in [5.41, 5.74) is 5.31. The summed E-state index contributed by atoms with van der Waals surface area (Å²) in [6, 6.07) is -1.56. The molecule has 0 rings (SSSR count). The average molecular weight is 840 g/mol. The van der Waals surface area contributed by atoms with Crippen molar-refractivity contribution in [2.24, 2.45) is 5.73 Å². The first-order chi connectivity index (χ1) is 27.9. The number of carboxylic acid groups (broad SMARTS) is 1. The van der Waals surface area contributed by atoms with E-state index in [1.165, 1.54) is 6.42 Å². The van der Waals surface area contributed by atoms with E-state index >= 15 is 0 Å². The van der Waals surface area contributed by atoms with Gasteiger partial charge in [-0.3, -0.25) is 23.4 Å². The molecular formula is C44H74NO12P. The van der Waals surface area contributed by atoms with Crippen molar-refractivity contribution in [1.29, 1.82) is 0 Å². The van der Waals surface area contributed by atoms with Gasteiger partial charge in [0.05, 0.1) is 25.4 Å². The molecule has 0 spiro atoms. The number of ether oxygens (including phenoxy) is 2. The molecule has 13 nitrogen and oxygen atoms in total. The Morgan fingerprint density at radius 1 is 0.621 bits per heavy atom. The number of nitrogens with two attached hydrogens (primary N) is 1. The van der Waals surface area contributed by atoms with E-state index in [2.05, 4.69) is 73.1 Å². The SMILES string of the molecule is CC/C=C\C/C=C\C/C=C\C/C=C\C/C=C\CCCC(=O)OC[C@H](COP(=O)(O)OC[C@H](N)C(=O)O)OC(=O)CCCCCCC[C@H](O)[C@@H](O)C/C=C\CCCCC. The molecule has 6 N–H and O–H groups in total. The van der Waals surface area contributed by atoms with Gasteiger partial charge in [0.15, 0.2) is 6.10 Å². The Hall–Kier alpha value is -3.16. The lowest BCUT2D eigenvalue weighted by atomic mass is 10.0. The number of aliphatic hydroxyl groups excluding tert-OH is 2. The summed E-state index contributed by atoms with van der Waals surface area (Å²) in [6.45, 7) is 2.39. The molecule has 0 aromatic carbocycles. The fourth-order valence-corrected chi connectivity index (χ4v) is 5.96. The van der Waals surface area contributed by atoms with Gasteiger partial charge in [-0.1, -0.05) is 125 Å². The number of esters is 2. The van der Waals surface area contributed by atoms with Gasteiger partial charge >= 0.3 is 25.7 Å². The lowest BCUT2D eigenvalue weighted by Crippen LogP contribution is -2.34. The zero-order valence-corrected chi connectivity index (χ0v) is 36.0. The number of phosphoric ester groups is 1. The van der Waals surface area contributed by atoms with E-state index in [0.717, 1.165) is 70.6 Å². The molecule has 0 radical (unpaired) electrons. The largest absolute Gasteiger partial charge is 0.480 e. The quantitative estimate of drug-likeness (QED) is 0.0170. The Morgan fingerprint density at radius 3 is 1.78 bits per heavy atom. The van der Waals surface area contributed by atoms with Gasteiger partial charge < -0.3 is 35.4 Å². The first-order valence-electron chi connectivity index (χ1n) is 21.1. The summed E-state index contributed by atoms with van der Waals surface area (Å²) in [4.78, 5) is 45.9. The fourth-order valence-electron chi connectivity index (χ4n) is 5.18. The van der Waals surface area contributed by atoms with Gasteiger partial charge in [-0.05, 0) is 77.0 Å². The van der Waals surface area contributed by atoms with E-state index < -0.39 is 69.9 Å². The standard InChI is InChI=1S/C44H74NO12P/c1-3-5-7-9-11-12-13-14-15-16-17-18-19-20-21-25-29-33-42(48)54-35-38(36-55-58(52,53)56-37-39(45)44(50)51)57-43(49)34-30-26-22-24-28-32-41(47)40(46)31-27-23-10-8-6-4-2/h5,7,11-12,14-15,17-18,20-21,23,27,38-41,46-47H,3-4,6,8-10,13,16,19,22,24-26,28-37,45H2,1-2H3,(H,50,51)(H,52,53)/b7-5-,12-11-,15-14-,18-17-,21-20-,27-23-/t38-,39+,40+,41+/m1/s1. The average Bonchev–Trinajstić information content (AvgIpc) is 3.19. The number of unbranched alkanes of at least 4 members (excludes halogenated alkanes) is 8. The van der Waals surface area contributed by atoms with Gasteiger partial charge in [-0.25, -0.2) is 4.57 Å². The molecule has 0 aliphatic rings. The number of hydrogen-bond donors (Lipinski definition) is 5. The highest BCUT2D eigenvalue weighted by Gasteiger charge is 2.28. The Labute approximate surface area is 347 Å². The normalized spacial score (nSPS) is 15.6. The lowest BCUT2D eigenvalue weighted by Gasteiger charge is -2.20. The minimum atomic E-state index is -4.77. The number of carbonyl (C=O) groups is 3. The number of hydrogen-bond acceptors (Lipinski definition) is 11. The molecule has 0 bridgehead atoms. The van der Waals surface area contributed by atoms with Gasteiger partial charge in [0.25, 0.3) is 0 Å². The summed E-state index contributed by atoms with van der Waals surface area (Å²) in [7, 11) is -4.77. The van der Waals surface area contributed by atoms with Crippen LogP contribution in [0, 0.1) is 0 Å². The monoisotopic (exact) mass is 839 g/mol. The summed E-state index contributed by atoms with van der Waals surface area (Å²) < 4.78 is 32.5. The Balaban J connectivity index is 4.61. The molecule has 0 saturated carbocycles. The van der Waals surface area contributed by atoms with E-state index in [-0.39, 0.29) is 12.8 Å². The highest BCUT2D eigenvalue weighted by Crippen LogP contribution is 2.43. The maximum atomic E-state index is 12.6. The van der Waals surface area contributed by atoms with Crippen LogP contribution in [-0.2, 0) is 37.5 Å². The first kappa shape index (κ1) is 54.8. The molecule has 0 aromatic rings. The molecule has 5 atom stereocenters. The van der Waals surface area contributed by atoms with Crippen molar-refractivity contribution in [3.05, 3.63) is 72.9 Å². The first-order valence-corrected chi connectivity index (χ1v) is 22.6. The summed E-state index contributed by atoms with van der Waals surface area (Å²) in [6.07, 6.45) is 37.1. The molecule has 0 fully saturated rings. The topological polar surface area (TPSA) is 212 Å². The van der Waals surface area contributed by atoms with Crippen LogP contribution in [0.4, 0.5) is 0 Å². The van der Waals surface area contributed by atoms with Crippen LogP contribution >= 0.6 is 7.82 Å². The zero-order valence-electron chi connectivity index (χ0n) is 35.1. The molecule has 0 aromatic heterocycles. The summed E-state index contributed by atoms with van der Waals surface area (Å²) in [5, 5.41) is 29.3. The summed E-state index contributed by atoms with van der Waals surface area (Å²) >= 11 is 0. The van der Waals surface area contributed by atoms with Gasteiger partial charge in [0, 0.05) is 12.8 Å². The highest BCUT2D eigenvalue weighted by atomic mass is 31.2. The second-order valence-electron chi connectivity index (χ2n) is 14.0. The van der Waals surface area contributed by atoms with Crippen LogP contribution < -0.4 is 5.73 Å². The van der Waals surface area contributed by atoms with Crippen LogP contribution in [0.15, 0.2) is 72.9 Å². The third-order valence-corrected chi connectivity index (χ3v) is 9.59. The second-order valence-corrected chi connectivity index (χ2v) is 15.5. The van der Waals surface area contributed by atoms with Crippen LogP contribution in [0.2, 0.25) is 0 Å². The van der Waals surface area contributed by atoms with Crippen molar-refractivity contribution in [1.82, 2.24) is 0 Å². The van der Waals surface area contributed by atoms with Crippen molar-refractivity contribution in [3.8, 4) is 0 Å². The van der Waals surface area contributed by atoms with Gasteiger partial charge in [-0.15, -0.1) is 0 Å². The number of aliphatic carboxylic acids is 1. The lowest BCUT2D eigenvalue weighted by molar-refractivity contribution is -0.161. The molecule has 14 heteroatoms. The molecule has 332 valence electrons. The Morgan fingerprint density at radius 2 is 1.16 bits per heavy atom. The molecule has 0 amide bonds. The maximum Gasteiger partial charge on any atom is 0.472 e. The highest BCUT2D eigenvalue weighted by molar-refractivity contribution is 7.47. The predicted molar refractivity (Wildman–Crippen MR) is 229 cm³/mol. The summed E-state index contributed by atoms with van der Waals surface area (Å²) in [5.74, 6) is -2.60.